The van der Waals surface area contributed by atoms with E-state index in [1.807, 2.05) is 54.8 Å². The SMILES string of the molecule is CSc1nc(-c2ccccc2)nc(-c2ccc3ccccc3c2)c1C=O. The van der Waals surface area contributed by atoms with E-state index in [9.17, 15) is 4.79 Å². The number of aldehydes is 1. The first-order chi connectivity index (χ1) is 12.8. The first kappa shape index (κ1) is 16.5. The molecule has 126 valence electrons. The number of benzene rings is 3. The Morgan fingerprint density at radius 2 is 1.54 bits per heavy atom. The molecule has 4 rings (SSSR count). The Hall–Kier alpha value is -2.98. The number of hydrogen-bond acceptors (Lipinski definition) is 4. The van der Waals surface area contributed by atoms with E-state index in [4.69, 9.17) is 4.98 Å². The molecule has 0 radical (unpaired) electrons. The third kappa shape index (κ3) is 3.00. The van der Waals surface area contributed by atoms with Crippen LogP contribution in [0.25, 0.3) is 33.4 Å². The molecule has 0 spiro atoms. The zero-order valence-corrected chi connectivity index (χ0v) is 15.0. The van der Waals surface area contributed by atoms with Crippen molar-refractivity contribution in [3.05, 3.63) is 78.4 Å². The van der Waals surface area contributed by atoms with Crippen molar-refractivity contribution in [2.45, 2.75) is 5.03 Å². The van der Waals surface area contributed by atoms with Crippen molar-refractivity contribution in [1.82, 2.24) is 9.97 Å². The molecule has 0 saturated carbocycles. The Kier molecular flexibility index (Phi) is 4.50. The standard InChI is InChI=1S/C22H16N2OS/c1-26-22-19(14-25)20(23-21(24-22)16-8-3-2-4-9-16)18-12-11-15-7-5-6-10-17(15)13-18/h2-14H,1H3. The van der Waals surface area contributed by atoms with Crippen LogP contribution in [0.15, 0.2) is 77.8 Å². The lowest BCUT2D eigenvalue weighted by atomic mass is 10.0. The Labute approximate surface area is 156 Å². The molecule has 0 fully saturated rings. The van der Waals surface area contributed by atoms with Crippen molar-refractivity contribution in [3.63, 3.8) is 0 Å². The maximum absolute atomic E-state index is 11.8. The fourth-order valence-corrected chi connectivity index (χ4v) is 3.53. The van der Waals surface area contributed by atoms with Crippen molar-refractivity contribution >= 4 is 28.8 Å². The summed E-state index contributed by atoms with van der Waals surface area (Å²) >= 11 is 1.46. The highest BCUT2D eigenvalue weighted by molar-refractivity contribution is 7.98. The topological polar surface area (TPSA) is 42.9 Å². The van der Waals surface area contributed by atoms with Crippen molar-refractivity contribution < 1.29 is 4.79 Å². The van der Waals surface area contributed by atoms with Gasteiger partial charge in [-0.1, -0.05) is 66.7 Å². The van der Waals surface area contributed by atoms with Crippen molar-refractivity contribution in [3.8, 4) is 22.6 Å². The van der Waals surface area contributed by atoms with E-state index >= 15 is 0 Å². The van der Waals surface area contributed by atoms with Gasteiger partial charge in [-0.15, -0.1) is 11.8 Å². The maximum atomic E-state index is 11.8. The van der Waals surface area contributed by atoms with Crippen molar-refractivity contribution in [2.75, 3.05) is 6.26 Å². The summed E-state index contributed by atoms with van der Waals surface area (Å²) in [5, 5.41) is 2.97. The van der Waals surface area contributed by atoms with Crippen LogP contribution in [0.1, 0.15) is 10.4 Å². The van der Waals surface area contributed by atoms with E-state index in [1.165, 1.54) is 11.8 Å². The molecule has 26 heavy (non-hydrogen) atoms. The molecule has 1 aromatic heterocycles. The number of carbonyl (C=O) groups is 1. The Morgan fingerprint density at radius 3 is 2.27 bits per heavy atom. The molecule has 0 atom stereocenters. The summed E-state index contributed by atoms with van der Waals surface area (Å²) < 4.78 is 0. The average Bonchev–Trinajstić information content (AvgIpc) is 2.73. The number of hydrogen-bond donors (Lipinski definition) is 0. The normalized spacial score (nSPS) is 10.8. The second-order valence-electron chi connectivity index (χ2n) is 5.86. The van der Waals surface area contributed by atoms with E-state index in [0.717, 1.165) is 28.2 Å². The number of aromatic nitrogens is 2. The fourth-order valence-electron chi connectivity index (χ4n) is 2.98. The van der Waals surface area contributed by atoms with Crippen LogP contribution in [-0.4, -0.2) is 22.5 Å². The van der Waals surface area contributed by atoms with Crippen molar-refractivity contribution in [2.24, 2.45) is 0 Å². The molecule has 0 bridgehead atoms. The minimum Gasteiger partial charge on any atom is -0.298 e. The van der Waals surface area contributed by atoms with Gasteiger partial charge in [-0.25, -0.2) is 9.97 Å². The predicted molar refractivity (Wildman–Crippen MR) is 108 cm³/mol. The summed E-state index contributed by atoms with van der Waals surface area (Å²) in [7, 11) is 0. The molecule has 0 aliphatic carbocycles. The molecule has 0 aliphatic heterocycles. The molecular formula is C22H16N2OS. The lowest BCUT2D eigenvalue weighted by Crippen LogP contribution is -2.01. The summed E-state index contributed by atoms with van der Waals surface area (Å²) in [5.74, 6) is 0.628. The quantitative estimate of drug-likeness (QED) is 0.275. The fraction of sp³-hybridized carbons (Fsp3) is 0.0455. The maximum Gasteiger partial charge on any atom is 0.161 e. The zero-order chi connectivity index (χ0) is 17.9. The summed E-state index contributed by atoms with van der Waals surface area (Å²) in [6.07, 6.45) is 2.78. The monoisotopic (exact) mass is 356 g/mol. The first-order valence-corrected chi connectivity index (χ1v) is 9.48. The van der Waals surface area contributed by atoms with E-state index in [-0.39, 0.29) is 0 Å². The molecule has 4 aromatic rings. The number of nitrogens with zero attached hydrogens (tertiary/aromatic N) is 2. The summed E-state index contributed by atoms with van der Waals surface area (Å²) in [4.78, 5) is 21.1. The number of carbonyl (C=O) groups excluding carboxylic acids is 1. The molecule has 0 unspecified atom stereocenters. The molecular weight excluding hydrogens is 340 g/mol. The minimum absolute atomic E-state index is 0.535. The summed E-state index contributed by atoms with van der Waals surface area (Å²) in [6, 6.07) is 24.1. The van der Waals surface area contributed by atoms with Gasteiger partial charge in [-0.3, -0.25) is 4.79 Å². The zero-order valence-electron chi connectivity index (χ0n) is 14.2. The van der Waals surface area contributed by atoms with Crippen LogP contribution in [0.2, 0.25) is 0 Å². The van der Waals surface area contributed by atoms with Gasteiger partial charge in [0.2, 0.25) is 0 Å². The lowest BCUT2D eigenvalue weighted by molar-refractivity contribution is 0.112. The first-order valence-electron chi connectivity index (χ1n) is 8.26. The Morgan fingerprint density at radius 1 is 0.808 bits per heavy atom. The highest BCUT2D eigenvalue weighted by Crippen LogP contribution is 2.31. The van der Waals surface area contributed by atoms with Gasteiger partial charge >= 0.3 is 0 Å². The third-order valence-corrected chi connectivity index (χ3v) is 4.97. The van der Waals surface area contributed by atoms with Gasteiger partial charge in [0.05, 0.1) is 11.3 Å². The van der Waals surface area contributed by atoms with Gasteiger partial charge in [-0.2, -0.15) is 0 Å². The molecule has 1 heterocycles. The van der Waals surface area contributed by atoms with Crippen LogP contribution in [0.4, 0.5) is 0 Å². The summed E-state index contributed by atoms with van der Waals surface area (Å²) in [6.45, 7) is 0. The van der Waals surface area contributed by atoms with Crippen LogP contribution < -0.4 is 0 Å². The van der Waals surface area contributed by atoms with E-state index < -0.39 is 0 Å². The van der Waals surface area contributed by atoms with Crippen LogP contribution in [0.5, 0.6) is 0 Å². The number of rotatable bonds is 4. The molecule has 4 heteroatoms. The van der Waals surface area contributed by atoms with E-state index in [1.54, 1.807) is 0 Å². The molecule has 3 nitrogen and oxygen atoms in total. The van der Waals surface area contributed by atoms with E-state index in [0.29, 0.717) is 22.1 Å². The molecule has 0 amide bonds. The summed E-state index contributed by atoms with van der Waals surface area (Å²) in [5.41, 5.74) is 3.05. The molecule has 0 N–H and O–H groups in total. The minimum atomic E-state index is 0.535. The average molecular weight is 356 g/mol. The number of fused-ring (bicyclic) bond motifs is 1. The van der Waals surface area contributed by atoms with Gasteiger partial charge in [0, 0.05) is 11.1 Å². The van der Waals surface area contributed by atoms with Gasteiger partial charge in [0.25, 0.3) is 0 Å². The predicted octanol–water partition coefficient (Wildman–Crippen LogP) is 5.50. The highest BCUT2D eigenvalue weighted by Gasteiger charge is 2.16. The molecule has 3 aromatic carbocycles. The highest BCUT2D eigenvalue weighted by atomic mass is 32.2. The number of thioether (sulfide) groups is 1. The van der Waals surface area contributed by atoms with Gasteiger partial charge in [-0.05, 0) is 23.1 Å². The second-order valence-corrected chi connectivity index (χ2v) is 6.66. The third-order valence-electron chi connectivity index (χ3n) is 4.28. The second kappa shape index (κ2) is 7.10. The Bertz CT molecular complexity index is 1090. The van der Waals surface area contributed by atoms with Gasteiger partial charge < -0.3 is 0 Å². The van der Waals surface area contributed by atoms with Gasteiger partial charge in [0.1, 0.15) is 5.03 Å². The largest absolute Gasteiger partial charge is 0.298 e. The van der Waals surface area contributed by atoms with Crippen molar-refractivity contribution in [1.29, 1.82) is 0 Å². The van der Waals surface area contributed by atoms with Crippen LogP contribution in [-0.2, 0) is 0 Å². The Balaban J connectivity index is 1.97. The van der Waals surface area contributed by atoms with Crippen LogP contribution in [0.3, 0.4) is 0 Å². The van der Waals surface area contributed by atoms with Crippen LogP contribution in [0, 0.1) is 0 Å². The van der Waals surface area contributed by atoms with Crippen LogP contribution >= 0.6 is 11.8 Å². The molecule has 0 saturated heterocycles. The lowest BCUT2D eigenvalue weighted by Gasteiger charge is -2.11. The van der Waals surface area contributed by atoms with E-state index in [2.05, 4.69) is 29.2 Å². The smallest absolute Gasteiger partial charge is 0.161 e. The molecule has 0 aliphatic rings. The van der Waals surface area contributed by atoms with Gasteiger partial charge in [0.15, 0.2) is 12.1 Å².